The number of hydrogen-bond donors (Lipinski definition) is 1. The topological polar surface area (TPSA) is 30.5 Å². The second kappa shape index (κ2) is 8.40. The first-order chi connectivity index (χ1) is 10.2. The monoisotopic (exact) mass is 291 g/mol. The molecular weight excluding hydrogens is 262 g/mol. The fourth-order valence-electron chi connectivity index (χ4n) is 2.73. The van der Waals surface area contributed by atoms with Gasteiger partial charge in [0.15, 0.2) is 0 Å². The van der Waals surface area contributed by atoms with E-state index in [-0.39, 0.29) is 6.10 Å². The van der Waals surface area contributed by atoms with Crippen LogP contribution in [0.1, 0.15) is 56.7 Å². The zero-order valence-electron chi connectivity index (χ0n) is 13.7. The number of nitrogens with one attached hydrogen (secondary N) is 1. The average molecular weight is 291 g/mol. The van der Waals surface area contributed by atoms with Crippen LogP contribution in [0.25, 0.3) is 0 Å². The lowest BCUT2D eigenvalue weighted by Crippen LogP contribution is -2.26. The van der Waals surface area contributed by atoms with Crippen LogP contribution in [0.3, 0.4) is 0 Å². The van der Waals surface area contributed by atoms with E-state index in [0.29, 0.717) is 12.6 Å². The summed E-state index contributed by atoms with van der Waals surface area (Å²) in [7, 11) is 0. The number of rotatable bonds is 7. The van der Waals surface area contributed by atoms with Gasteiger partial charge in [-0.3, -0.25) is 0 Å². The van der Waals surface area contributed by atoms with Gasteiger partial charge in [-0.05, 0) is 52.1 Å². The summed E-state index contributed by atoms with van der Waals surface area (Å²) >= 11 is 0. The van der Waals surface area contributed by atoms with E-state index >= 15 is 0 Å². The Labute approximate surface area is 129 Å². The standard InChI is InChI=1S/C18H29NO2/c1-4-10-19-15(3)17-12-14(2)8-9-18(17)21-13-16-7-5-6-11-20-16/h8-9,12,15-16,19H,4-7,10-11,13H2,1-3H3. The molecule has 21 heavy (non-hydrogen) atoms. The second-order valence-electron chi connectivity index (χ2n) is 6.02. The van der Waals surface area contributed by atoms with Gasteiger partial charge >= 0.3 is 0 Å². The largest absolute Gasteiger partial charge is 0.491 e. The summed E-state index contributed by atoms with van der Waals surface area (Å²) in [6.07, 6.45) is 4.95. The molecule has 1 N–H and O–H groups in total. The highest BCUT2D eigenvalue weighted by molar-refractivity contribution is 5.39. The third-order valence-corrected chi connectivity index (χ3v) is 4.03. The van der Waals surface area contributed by atoms with Crippen molar-refractivity contribution in [3.05, 3.63) is 29.3 Å². The first-order valence-corrected chi connectivity index (χ1v) is 8.29. The van der Waals surface area contributed by atoms with Crippen LogP contribution in [0.4, 0.5) is 0 Å². The first kappa shape index (κ1) is 16.3. The Kier molecular flexibility index (Phi) is 6.52. The van der Waals surface area contributed by atoms with E-state index in [1.807, 2.05) is 0 Å². The lowest BCUT2D eigenvalue weighted by molar-refractivity contribution is -0.0113. The van der Waals surface area contributed by atoms with E-state index in [0.717, 1.165) is 31.7 Å². The Bertz CT molecular complexity index is 427. The predicted molar refractivity (Wildman–Crippen MR) is 87.0 cm³/mol. The SMILES string of the molecule is CCCNC(C)c1cc(C)ccc1OCC1CCCCO1. The molecule has 2 rings (SSSR count). The van der Waals surface area contributed by atoms with E-state index < -0.39 is 0 Å². The molecule has 3 heteroatoms. The lowest BCUT2D eigenvalue weighted by Gasteiger charge is -2.24. The second-order valence-corrected chi connectivity index (χ2v) is 6.02. The third-order valence-electron chi connectivity index (χ3n) is 4.03. The summed E-state index contributed by atoms with van der Waals surface area (Å²) in [6, 6.07) is 6.75. The Balaban J connectivity index is 1.99. The Morgan fingerprint density at radius 1 is 1.38 bits per heavy atom. The fraction of sp³-hybridized carbons (Fsp3) is 0.667. The minimum atomic E-state index is 0.256. The van der Waals surface area contributed by atoms with Crippen molar-refractivity contribution < 1.29 is 9.47 Å². The lowest BCUT2D eigenvalue weighted by atomic mass is 10.0. The van der Waals surface area contributed by atoms with Crippen molar-refractivity contribution in [1.82, 2.24) is 5.32 Å². The number of hydrogen-bond acceptors (Lipinski definition) is 3. The molecule has 1 aromatic carbocycles. The quantitative estimate of drug-likeness (QED) is 0.823. The van der Waals surface area contributed by atoms with Gasteiger partial charge in [0, 0.05) is 18.2 Å². The molecule has 1 heterocycles. The summed E-state index contributed by atoms with van der Waals surface area (Å²) in [5, 5.41) is 3.54. The summed E-state index contributed by atoms with van der Waals surface area (Å²) < 4.78 is 11.8. The first-order valence-electron chi connectivity index (χ1n) is 8.29. The minimum Gasteiger partial charge on any atom is -0.491 e. The third kappa shape index (κ3) is 5.01. The minimum absolute atomic E-state index is 0.256. The van der Waals surface area contributed by atoms with Gasteiger partial charge in [-0.15, -0.1) is 0 Å². The van der Waals surface area contributed by atoms with Gasteiger partial charge in [0.2, 0.25) is 0 Å². The van der Waals surface area contributed by atoms with Crippen molar-refractivity contribution in [2.45, 2.75) is 58.6 Å². The van der Waals surface area contributed by atoms with E-state index in [4.69, 9.17) is 9.47 Å². The molecule has 0 saturated carbocycles. The van der Waals surface area contributed by atoms with Gasteiger partial charge < -0.3 is 14.8 Å². The van der Waals surface area contributed by atoms with Crippen molar-refractivity contribution in [2.75, 3.05) is 19.8 Å². The van der Waals surface area contributed by atoms with Crippen LogP contribution < -0.4 is 10.1 Å². The zero-order chi connectivity index (χ0) is 15.1. The normalized spacial score (nSPS) is 20.2. The van der Waals surface area contributed by atoms with Gasteiger partial charge in [0.1, 0.15) is 12.4 Å². The molecule has 1 aliphatic heterocycles. The summed E-state index contributed by atoms with van der Waals surface area (Å²) in [5.74, 6) is 0.992. The average Bonchev–Trinajstić information content (AvgIpc) is 2.52. The molecular formula is C18H29NO2. The van der Waals surface area contributed by atoms with Gasteiger partial charge in [0.05, 0.1) is 6.10 Å². The summed E-state index contributed by atoms with van der Waals surface area (Å²) in [4.78, 5) is 0. The highest BCUT2D eigenvalue weighted by Crippen LogP contribution is 2.27. The fourth-order valence-corrected chi connectivity index (χ4v) is 2.73. The maximum absolute atomic E-state index is 6.07. The molecule has 1 aromatic rings. The molecule has 1 saturated heterocycles. The molecule has 0 aliphatic carbocycles. The van der Waals surface area contributed by atoms with Crippen molar-refractivity contribution in [3.63, 3.8) is 0 Å². The van der Waals surface area contributed by atoms with Gasteiger partial charge in [-0.2, -0.15) is 0 Å². The van der Waals surface area contributed by atoms with Crippen LogP contribution >= 0.6 is 0 Å². The molecule has 0 aromatic heterocycles. The molecule has 0 amide bonds. The van der Waals surface area contributed by atoms with Crippen LogP contribution in [-0.4, -0.2) is 25.9 Å². The number of ether oxygens (including phenoxy) is 2. The van der Waals surface area contributed by atoms with E-state index in [9.17, 15) is 0 Å². The maximum Gasteiger partial charge on any atom is 0.124 e. The predicted octanol–water partition coefficient (Wildman–Crippen LogP) is 4.00. The van der Waals surface area contributed by atoms with Crippen LogP contribution in [0.15, 0.2) is 18.2 Å². The van der Waals surface area contributed by atoms with Crippen LogP contribution in [-0.2, 0) is 4.74 Å². The van der Waals surface area contributed by atoms with Crippen LogP contribution in [0.5, 0.6) is 5.75 Å². The molecule has 2 unspecified atom stereocenters. The van der Waals surface area contributed by atoms with Crippen molar-refractivity contribution in [1.29, 1.82) is 0 Å². The van der Waals surface area contributed by atoms with Gasteiger partial charge in [-0.25, -0.2) is 0 Å². The Hall–Kier alpha value is -1.06. The van der Waals surface area contributed by atoms with Crippen molar-refractivity contribution in [2.24, 2.45) is 0 Å². The highest BCUT2D eigenvalue weighted by atomic mass is 16.5. The van der Waals surface area contributed by atoms with Crippen LogP contribution in [0.2, 0.25) is 0 Å². The van der Waals surface area contributed by atoms with Gasteiger partial charge in [0.25, 0.3) is 0 Å². The molecule has 2 atom stereocenters. The van der Waals surface area contributed by atoms with Crippen molar-refractivity contribution in [3.8, 4) is 5.75 Å². The molecule has 0 bridgehead atoms. The smallest absolute Gasteiger partial charge is 0.124 e. The molecule has 118 valence electrons. The Morgan fingerprint density at radius 2 is 2.24 bits per heavy atom. The van der Waals surface area contributed by atoms with Crippen molar-refractivity contribution >= 4 is 0 Å². The van der Waals surface area contributed by atoms with Gasteiger partial charge in [-0.1, -0.05) is 24.6 Å². The maximum atomic E-state index is 6.07. The number of benzene rings is 1. The zero-order valence-corrected chi connectivity index (χ0v) is 13.7. The summed E-state index contributed by atoms with van der Waals surface area (Å²) in [5.41, 5.74) is 2.52. The molecule has 0 radical (unpaired) electrons. The Morgan fingerprint density at radius 3 is 2.95 bits per heavy atom. The molecule has 1 fully saturated rings. The molecule has 0 spiro atoms. The van der Waals surface area contributed by atoms with E-state index in [1.165, 1.54) is 24.0 Å². The van der Waals surface area contributed by atoms with Crippen LogP contribution in [0, 0.1) is 6.92 Å². The van der Waals surface area contributed by atoms with E-state index in [2.05, 4.69) is 44.3 Å². The highest BCUT2D eigenvalue weighted by Gasteiger charge is 2.17. The van der Waals surface area contributed by atoms with E-state index in [1.54, 1.807) is 0 Å². The molecule has 3 nitrogen and oxygen atoms in total. The number of aryl methyl sites for hydroxylation is 1. The summed E-state index contributed by atoms with van der Waals surface area (Å²) in [6.45, 7) is 9.09. The molecule has 1 aliphatic rings.